The van der Waals surface area contributed by atoms with Crippen LogP contribution in [0.3, 0.4) is 0 Å². The molecule has 9 aromatic carbocycles. The summed E-state index contributed by atoms with van der Waals surface area (Å²) in [6.07, 6.45) is 5.37. The van der Waals surface area contributed by atoms with E-state index in [0.717, 1.165) is 78.6 Å². The van der Waals surface area contributed by atoms with Crippen molar-refractivity contribution in [2.24, 2.45) is 0 Å². The van der Waals surface area contributed by atoms with Crippen LogP contribution in [0.25, 0.3) is 11.1 Å². The first-order chi connectivity index (χ1) is 37.9. The van der Waals surface area contributed by atoms with E-state index in [4.69, 9.17) is 11.2 Å². The summed E-state index contributed by atoms with van der Waals surface area (Å²) in [6, 6.07) is 63.2. The lowest BCUT2D eigenvalue weighted by Crippen LogP contribution is -2.10. The van der Waals surface area contributed by atoms with Gasteiger partial charge in [-0.1, -0.05) is 147 Å². The summed E-state index contributed by atoms with van der Waals surface area (Å²) in [5, 5.41) is 52.7. The highest BCUT2D eigenvalue weighted by Gasteiger charge is 2.13. The number of benzene rings is 9. The molecule has 0 saturated carbocycles. The molecule has 10 heteroatoms. The average Bonchev–Trinajstić information content (AvgIpc) is 3.45. The number of halogens is 1. The van der Waals surface area contributed by atoms with Gasteiger partial charge in [0.1, 0.15) is 28.7 Å². The van der Waals surface area contributed by atoms with Crippen LogP contribution < -0.4 is 26.0 Å². The van der Waals surface area contributed by atoms with Crippen molar-refractivity contribution in [2.45, 2.75) is 80.1 Å². The summed E-state index contributed by atoms with van der Waals surface area (Å²) in [7, 11) is 1.65. The second kappa shape index (κ2) is 29.1. The van der Waals surface area contributed by atoms with Gasteiger partial charge in [0.25, 0.3) is 0 Å². The Morgan fingerprint density at radius 1 is 0.443 bits per heavy atom. The number of rotatable bonds is 14. The van der Waals surface area contributed by atoms with Crippen LogP contribution in [0.2, 0.25) is 0 Å². The third-order valence-electron chi connectivity index (χ3n) is 12.8. The second-order valence-electron chi connectivity index (χ2n) is 20.3. The number of aromatic hydroxyl groups is 4. The third-order valence-corrected chi connectivity index (χ3v) is 13.4. The van der Waals surface area contributed by atoms with E-state index < -0.39 is 0 Å². The number of hydrogen-bond acceptors (Lipinski definition) is 9. The van der Waals surface area contributed by atoms with Crippen molar-refractivity contribution in [3.8, 4) is 52.2 Å². The number of anilines is 4. The van der Waals surface area contributed by atoms with Gasteiger partial charge in [-0.25, -0.2) is 0 Å². The molecular formula is C69H73BrN4O5. The van der Waals surface area contributed by atoms with Gasteiger partial charge in [0.15, 0.2) is 0 Å². The van der Waals surface area contributed by atoms with Crippen molar-refractivity contribution in [1.29, 1.82) is 0 Å². The van der Waals surface area contributed by atoms with Crippen LogP contribution in [0.5, 0.6) is 28.7 Å². The van der Waals surface area contributed by atoms with Crippen molar-refractivity contribution in [1.82, 2.24) is 0 Å². The second-order valence-corrected chi connectivity index (χ2v) is 21.1. The van der Waals surface area contributed by atoms with Gasteiger partial charge >= 0.3 is 0 Å². The molecule has 0 atom stereocenters. The SMILES string of the molecule is C#Cc1cccc(NCc2cc(C)cc(Br)c2O)c1.COc1ccc(NCc2cc(C)ccc2O)cc1.Cc1ccc(O)c(CNc2ccc(C(C)(C)C)cc2)c1.Cc1ccc(O)c(CNc2cccc(-c3ccccc3)c2)c1. The molecule has 0 radical (unpaired) electrons. The minimum atomic E-state index is 0.174. The fraction of sp³-hybridized carbons (Fsp3) is 0.188. The van der Waals surface area contributed by atoms with Crippen molar-refractivity contribution in [3.63, 3.8) is 0 Å². The number of ether oxygens (including phenoxy) is 1. The summed E-state index contributed by atoms with van der Waals surface area (Å²) in [4.78, 5) is 0. The Morgan fingerprint density at radius 3 is 1.35 bits per heavy atom. The lowest BCUT2D eigenvalue weighted by atomic mass is 9.87. The number of nitrogens with one attached hydrogen (secondary N) is 4. The topological polar surface area (TPSA) is 138 Å². The third kappa shape index (κ3) is 19.0. The maximum Gasteiger partial charge on any atom is 0.134 e. The Morgan fingerprint density at radius 2 is 0.873 bits per heavy atom. The predicted molar refractivity (Wildman–Crippen MR) is 333 cm³/mol. The molecule has 9 rings (SSSR count). The van der Waals surface area contributed by atoms with E-state index in [1.165, 1.54) is 16.7 Å². The van der Waals surface area contributed by atoms with Crippen LogP contribution >= 0.6 is 15.9 Å². The molecule has 79 heavy (non-hydrogen) atoms. The van der Waals surface area contributed by atoms with E-state index in [0.29, 0.717) is 47.9 Å². The smallest absolute Gasteiger partial charge is 0.134 e. The Kier molecular flexibility index (Phi) is 21.9. The number of phenolic OH excluding ortho intramolecular Hbond substituents is 4. The minimum absolute atomic E-state index is 0.174. The van der Waals surface area contributed by atoms with Crippen molar-refractivity contribution >= 4 is 38.7 Å². The van der Waals surface area contributed by atoms with Crippen LogP contribution in [0.15, 0.2) is 199 Å². The highest BCUT2D eigenvalue weighted by atomic mass is 79.9. The van der Waals surface area contributed by atoms with Gasteiger partial charge in [0.05, 0.1) is 11.6 Å². The minimum Gasteiger partial charge on any atom is -0.508 e. The normalized spacial score (nSPS) is 10.5. The Labute approximate surface area is 476 Å². The van der Waals surface area contributed by atoms with Crippen molar-refractivity contribution in [3.05, 3.63) is 254 Å². The fourth-order valence-corrected chi connectivity index (χ4v) is 8.87. The number of methoxy groups -OCH3 is 1. The fourth-order valence-electron chi connectivity index (χ4n) is 8.25. The van der Waals surface area contributed by atoms with Crippen LogP contribution in [-0.4, -0.2) is 27.5 Å². The molecule has 8 N–H and O–H groups in total. The molecule has 0 aromatic heterocycles. The van der Waals surface area contributed by atoms with Gasteiger partial charge in [-0.15, -0.1) is 6.42 Å². The molecule has 406 valence electrons. The zero-order valence-corrected chi connectivity index (χ0v) is 48.0. The monoisotopic (exact) mass is 1120 g/mol. The van der Waals surface area contributed by atoms with Crippen LogP contribution in [-0.2, 0) is 31.6 Å². The summed E-state index contributed by atoms with van der Waals surface area (Å²) < 4.78 is 5.81. The number of hydrogen-bond donors (Lipinski definition) is 8. The van der Waals surface area contributed by atoms with Crippen LogP contribution in [0.4, 0.5) is 22.7 Å². The van der Waals surface area contributed by atoms with Gasteiger partial charge in [-0.05, 0) is 162 Å². The first-order valence-electron chi connectivity index (χ1n) is 26.1. The van der Waals surface area contributed by atoms with E-state index in [1.54, 1.807) is 25.3 Å². The summed E-state index contributed by atoms with van der Waals surface area (Å²) >= 11 is 3.34. The molecule has 0 aliphatic heterocycles. The molecular weight excluding hydrogens is 1040 g/mol. The molecule has 0 saturated heterocycles. The van der Waals surface area contributed by atoms with E-state index >= 15 is 0 Å². The van der Waals surface area contributed by atoms with Crippen molar-refractivity contribution in [2.75, 3.05) is 28.4 Å². The van der Waals surface area contributed by atoms with Gasteiger partial charge in [0.2, 0.25) is 0 Å². The maximum atomic E-state index is 9.98. The molecule has 9 nitrogen and oxygen atoms in total. The molecule has 0 spiro atoms. The van der Waals surface area contributed by atoms with Gasteiger partial charge in [-0.2, -0.15) is 0 Å². The largest absolute Gasteiger partial charge is 0.508 e. The van der Waals surface area contributed by atoms with Gasteiger partial charge < -0.3 is 46.4 Å². The van der Waals surface area contributed by atoms with Crippen LogP contribution in [0.1, 0.15) is 76.4 Å². The number of terminal acetylenes is 1. The molecule has 0 amide bonds. The highest BCUT2D eigenvalue weighted by molar-refractivity contribution is 9.10. The molecule has 0 aliphatic carbocycles. The molecule has 9 aromatic rings. The zero-order chi connectivity index (χ0) is 56.9. The molecule has 0 bridgehead atoms. The quantitative estimate of drug-likeness (QED) is 0.0500. The standard InChI is InChI=1S/C20H19NO.C18H23NO.C16H14BrNO.C15H17NO2/c1-15-10-11-20(22)18(12-15)14-21-19-9-5-8-17(13-19)16-6-3-2-4-7-16;1-13-5-10-17(20)14(11-13)12-19-16-8-6-15(7-9-16)18(2,3)4;1-3-12-5-4-6-14(9-12)18-10-13-7-11(2)8-15(17)16(13)19;1-11-3-8-15(17)12(9-11)10-16-13-4-6-14(18-2)7-5-13/h2-13,21-22H,14H2,1H3;5-11,19-20H,12H2,1-4H3;1,4-9,18-19H,10H2,2H3;3-9,16-17H,10H2,1-2H3. The predicted octanol–water partition coefficient (Wildman–Crippen LogP) is 17.0. The van der Waals surface area contributed by atoms with Gasteiger partial charge in [-0.3, -0.25) is 0 Å². The van der Waals surface area contributed by atoms with E-state index in [9.17, 15) is 20.4 Å². The molecule has 0 heterocycles. The average molecular weight is 1120 g/mol. The molecule has 0 fully saturated rings. The first-order valence-corrected chi connectivity index (χ1v) is 26.9. The summed E-state index contributed by atoms with van der Waals surface area (Å²) in [6.45, 7) is 17.1. The Bertz CT molecular complexity index is 3420. The van der Waals surface area contributed by atoms with Crippen LogP contribution in [0, 0.1) is 40.0 Å². The summed E-state index contributed by atoms with van der Waals surface area (Å²) in [5.74, 6) is 4.69. The van der Waals surface area contributed by atoms with E-state index in [1.807, 2.05) is 155 Å². The lowest BCUT2D eigenvalue weighted by molar-refractivity contribution is 0.415. The lowest BCUT2D eigenvalue weighted by Gasteiger charge is -2.19. The van der Waals surface area contributed by atoms with Crippen molar-refractivity contribution < 1.29 is 25.2 Å². The zero-order valence-electron chi connectivity index (χ0n) is 46.5. The molecule has 0 unspecified atom stereocenters. The Balaban J connectivity index is 0.000000171. The Hall–Kier alpha value is -8.78. The first kappa shape index (κ1) is 59.5. The van der Waals surface area contributed by atoms with E-state index in [2.05, 4.69) is 112 Å². The van der Waals surface area contributed by atoms with E-state index in [-0.39, 0.29) is 11.2 Å². The van der Waals surface area contributed by atoms with Gasteiger partial charge in [0, 0.05) is 76.7 Å². The maximum absolute atomic E-state index is 9.98. The number of aryl methyl sites for hydroxylation is 4. The summed E-state index contributed by atoms with van der Waals surface area (Å²) in [5.41, 5.74) is 16.9. The highest BCUT2D eigenvalue weighted by Crippen LogP contribution is 2.31. The molecule has 0 aliphatic rings. The number of phenols is 4.